The zero-order chi connectivity index (χ0) is 26.4. The van der Waals surface area contributed by atoms with Crippen LogP contribution in [-0.4, -0.2) is 68.2 Å². The Morgan fingerprint density at radius 2 is 1.95 bits per heavy atom. The maximum absolute atomic E-state index is 13.6. The average Bonchev–Trinajstić information content (AvgIpc) is 3.36. The zero-order valence-corrected chi connectivity index (χ0v) is 20.2. The van der Waals surface area contributed by atoms with Crippen molar-refractivity contribution in [3.05, 3.63) is 41.5 Å². The topological polar surface area (TPSA) is 125 Å². The number of benzene rings is 2. The standard InChI is InChI=1S/C25H27F2NO9/c1-24(12-34-20-8-22-21(7-17(20)24)36-25(26,27)37-22)23(31)28-18-5-15(11-33-10-13(30)9-29)35-19-6-14(32-2)3-4-16(18)19/h3-4,6-8,13,15,18,29-30H,5,9-12H2,1-2H3,(H,28,31)/t13-,15+,18+,24+/m1/s1. The Labute approximate surface area is 211 Å². The Morgan fingerprint density at radius 3 is 2.68 bits per heavy atom. The number of carbonyl (C=O) groups is 1. The predicted octanol–water partition coefficient (Wildman–Crippen LogP) is 2.05. The van der Waals surface area contributed by atoms with E-state index in [4.69, 9.17) is 24.1 Å². The lowest BCUT2D eigenvalue weighted by Crippen LogP contribution is -2.47. The monoisotopic (exact) mass is 523 g/mol. The van der Waals surface area contributed by atoms with Crippen molar-refractivity contribution in [3.8, 4) is 28.7 Å². The van der Waals surface area contributed by atoms with Crippen LogP contribution in [-0.2, 0) is 14.9 Å². The molecule has 0 saturated carbocycles. The second-order valence-electron chi connectivity index (χ2n) is 9.36. The van der Waals surface area contributed by atoms with Gasteiger partial charge in [-0.25, -0.2) is 0 Å². The summed E-state index contributed by atoms with van der Waals surface area (Å²) >= 11 is 0. The van der Waals surface area contributed by atoms with Crippen molar-refractivity contribution < 1.29 is 52.2 Å². The van der Waals surface area contributed by atoms with Gasteiger partial charge in [-0.2, -0.15) is 0 Å². The van der Waals surface area contributed by atoms with Crippen LogP contribution < -0.4 is 29.0 Å². The van der Waals surface area contributed by atoms with Gasteiger partial charge in [0, 0.05) is 29.7 Å². The number of methoxy groups -OCH3 is 1. The summed E-state index contributed by atoms with van der Waals surface area (Å²) in [6.45, 7) is 1.28. The third-order valence-corrected chi connectivity index (χ3v) is 6.63. The molecule has 0 radical (unpaired) electrons. The van der Waals surface area contributed by atoms with Gasteiger partial charge >= 0.3 is 6.29 Å². The number of nitrogens with one attached hydrogen (secondary N) is 1. The van der Waals surface area contributed by atoms with Crippen LogP contribution in [0.5, 0.6) is 28.7 Å². The lowest BCUT2D eigenvalue weighted by Gasteiger charge is -2.34. The normalized spacial score (nSPS) is 25.4. The van der Waals surface area contributed by atoms with Crippen LogP contribution in [0.3, 0.4) is 0 Å². The molecule has 2 aromatic rings. The fourth-order valence-electron chi connectivity index (χ4n) is 4.61. The molecule has 37 heavy (non-hydrogen) atoms. The molecule has 12 heteroatoms. The fraction of sp³-hybridized carbons (Fsp3) is 0.480. The minimum Gasteiger partial charge on any atom is -0.497 e. The number of halogens is 2. The highest BCUT2D eigenvalue weighted by atomic mass is 19.3. The molecule has 0 saturated heterocycles. The second kappa shape index (κ2) is 9.51. The molecular weight excluding hydrogens is 496 g/mol. The lowest BCUT2D eigenvalue weighted by molar-refractivity contribution is -0.286. The minimum atomic E-state index is -3.78. The molecule has 0 aromatic heterocycles. The molecule has 1 amide bonds. The maximum Gasteiger partial charge on any atom is 0.586 e. The fourth-order valence-corrected chi connectivity index (χ4v) is 4.61. The molecule has 4 atom stereocenters. The second-order valence-corrected chi connectivity index (χ2v) is 9.36. The summed E-state index contributed by atoms with van der Waals surface area (Å²) in [7, 11) is 1.53. The molecule has 3 aliphatic heterocycles. The van der Waals surface area contributed by atoms with Crippen LogP contribution in [0, 0.1) is 0 Å². The van der Waals surface area contributed by atoms with Crippen molar-refractivity contribution in [1.29, 1.82) is 0 Å². The van der Waals surface area contributed by atoms with E-state index in [1.807, 2.05) is 0 Å². The van der Waals surface area contributed by atoms with Crippen molar-refractivity contribution in [3.63, 3.8) is 0 Å². The number of aliphatic hydroxyl groups excluding tert-OH is 2. The van der Waals surface area contributed by atoms with E-state index in [2.05, 4.69) is 14.8 Å². The van der Waals surface area contributed by atoms with E-state index < -0.39 is 36.6 Å². The predicted molar refractivity (Wildman–Crippen MR) is 122 cm³/mol. The van der Waals surface area contributed by atoms with E-state index in [0.717, 1.165) is 5.56 Å². The molecule has 3 heterocycles. The van der Waals surface area contributed by atoms with Gasteiger partial charge in [-0.3, -0.25) is 4.79 Å². The van der Waals surface area contributed by atoms with Gasteiger partial charge in [-0.1, -0.05) is 0 Å². The average molecular weight is 523 g/mol. The van der Waals surface area contributed by atoms with Crippen molar-refractivity contribution in [2.45, 2.75) is 43.3 Å². The molecule has 0 unspecified atom stereocenters. The highest BCUT2D eigenvalue weighted by molar-refractivity contribution is 5.90. The molecule has 0 spiro atoms. The highest BCUT2D eigenvalue weighted by Gasteiger charge is 2.49. The number of fused-ring (bicyclic) bond motifs is 3. The van der Waals surface area contributed by atoms with Gasteiger partial charge in [0.2, 0.25) is 5.91 Å². The SMILES string of the molecule is COc1ccc2c(c1)O[C@H](COC[C@H](O)CO)C[C@@H]2NC(=O)[C@@]1(C)COc2cc3c(cc21)OC(F)(F)O3. The molecule has 0 fully saturated rings. The summed E-state index contributed by atoms with van der Waals surface area (Å²) in [4.78, 5) is 13.6. The molecule has 5 rings (SSSR count). The van der Waals surface area contributed by atoms with E-state index in [-0.39, 0.29) is 43.0 Å². The highest BCUT2D eigenvalue weighted by Crippen LogP contribution is 2.50. The number of hydrogen-bond acceptors (Lipinski definition) is 9. The Hall–Kier alpha value is -3.35. The van der Waals surface area contributed by atoms with Crippen LogP contribution in [0.1, 0.15) is 30.5 Å². The number of rotatable bonds is 8. The van der Waals surface area contributed by atoms with Gasteiger partial charge in [-0.15, -0.1) is 8.78 Å². The minimum absolute atomic E-state index is 0.00225. The molecule has 3 N–H and O–H groups in total. The van der Waals surface area contributed by atoms with Gasteiger partial charge < -0.3 is 44.0 Å². The summed E-state index contributed by atoms with van der Waals surface area (Å²) in [6.07, 6.45) is -4.90. The maximum atomic E-state index is 13.6. The van der Waals surface area contributed by atoms with E-state index in [9.17, 15) is 18.7 Å². The van der Waals surface area contributed by atoms with Gasteiger partial charge in [0.05, 0.1) is 33.0 Å². The molecule has 10 nitrogen and oxygen atoms in total. The summed E-state index contributed by atoms with van der Waals surface area (Å²) in [6, 6.07) is 7.44. The Balaban J connectivity index is 1.37. The van der Waals surface area contributed by atoms with Crippen LogP contribution in [0.2, 0.25) is 0 Å². The van der Waals surface area contributed by atoms with E-state index >= 15 is 0 Å². The van der Waals surface area contributed by atoms with Crippen LogP contribution in [0.4, 0.5) is 8.78 Å². The summed E-state index contributed by atoms with van der Waals surface area (Å²) < 4.78 is 58.7. The largest absolute Gasteiger partial charge is 0.586 e. The molecular formula is C25H27F2NO9. The molecule has 2 aromatic carbocycles. The number of hydrogen-bond donors (Lipinski definition) is 3. The van der Waals surface area contributed by atoms with Crippen LogP contribution in [0.15, 0.2) is 30.3 Å². The smallest absolute Gasteiger partial charge is 0.497 e. The van der Waals surface area contributed by atoms with Crippen LogP contribution in [0.25, 0.3) is 0 Å². The first kappa shape index (κ1) is 25.3. The van der Waals surface area contributed by atoms with Crippen molar-refractivity contribution in [1.82, 2.24) is 5.32 Å². The van der Waals surface area contributed by atoms with E-state index in [0.29, 0.717) is 23.5 Å². The van der Waals surface area contributed by atoms with Gasteiger partial charge in [0.1, 0.15) is 41.5 Å². The lowest BCUT2D eigenvalue weighted by atomic mass is 9.82. The van der Waals surface area contributed by atoms with Gasteiger partial charge in [-0.05, 0) is 25.1 Å². The zero-order valence-electron chi connectivity index (χ0n) is 20.2. The van der Waals surface area contributed by atoms with Gasteiger partial charge in [0.15, 0.2) is 11.5 Å². The van der Waals surface area contributed by atoms with E-state index in [1.165, 1.54) is 19.2 Å². The van der Waals surface area contributed by atoms with Crippen molar-refractivity contribution in [2.75, 3.05) is 33.5 Å². The first-order chi connectivity index (χ1) is 17.6. The van der Waals surface area contributed by atoms with E-state index in [1.54, 1.807) is 25.1 Å². The Bertz CT molecular complexity index is 1190. The van der Waals surface area contributed by atoms with Crippen molar-refractivity contribution in [2.24, 2.45) is 0 Å². The number of aliphatic hydroxyl groups is 2. The quantitative estimate of drug-likeness (QED) is 0.477. The first-order valence-electron chi connectivity index (χ1n) is 11.7. The van der Waals surface area contributed by atoms with Crippen LogP contribution >= 0.6 is 0 Å². The Morgan fingerprint density at radius 1 is 1.19 bits per heavy atom. The Kier molecular flexibility index (Phi) is 6.50. The number of ether oxygens (including phenoxy) is 6. The van der Waals surface area contributed by atoms with Crippen molar-refractivity contribution >= 4 is 5.91 Å². The third-order valence-electron chi connectivity index (χ3n) is 6.63. The summed E-state index contributed by atoms with van der Waals surface area (Å²) in [5.74, 6) is 0.642. The number of alkyl halides is 2. The summed E-state index contributed by atoms with van der Waals surface area (Å²) in [5.41, 5.74) is -0.0490. The number of amides is 1. The number of carbonyl (C=O) groups excluding carboxylic acids is 1. The summed E-state index contributed by atoms with van der Waals surface area (Å²) in [5, 5.41) is 21.6. The van der Waals surface area contributed by atoms with Gasteiger partial charge in [0.25, 0.3) is 0 Å². The molecule has 0 bridgehead atoms. The molecule has 200 valence electrons. The first-order valence-corrected chi connectivity index (χ1v) is 11.7. The molecule has 0 aliphatic carbocycles. The third kappa shape index (κ3) is 4.83. The molecule has 3 aliphatic rings.